The van der Waals surface area contributed by atoms with Gasteiger partial charge in [-0.1, -0.05) is 0 Å². The molecule has 18 heavy (non-hydrogen) atoms. The summed E-state index contributed by atoms with van der Waals surface area (Å²) in [6, 6.07) is 10.7. The molecule has 0 aliphatic rings. The zero-order valence-electron chi connectivity index (χ0n) is 9.45. The van der Waals surface area contributed by atoms with Crippen molar-refractivity contribution in [3.8, 4) is 11.4 Å². The van der Waals surface area contributed by atoms with Crippen molar-refractivity contribution in [3.05, 3.63) is 48.3 Å². The highest BCUT2D eigenvalue weighted by Gasteiger charge is 2.00. The van der Waals surface area contributed by atoms with Gasteiger partial charge in [0.1, 0.15) is 5.75 Å². The van der Waals surface area contributed by atoms with Crippen LogP contribution < -0.4 is 11.2 Å². The number of nitrogens with zero attached hydrogens (tertiary/aromatic N) is 2. The first-order valence-corrected chi connectivity index (χ1v) is 5.63. The standard InChI is InChI=1S/C12H12N4OS/c13-12(18)15-14-8-10-2-1-7-16(10)9-3-5-11(17)6-4-9/h1-8,17H,(H3,13,15,18)/b14-8-. The second-order valence-corrected chi connectivity index (χ2v) is 3.99. The van der Waals surface area contributed by atoms with Crippen LogP contribution in [0.25, 0.3) is 5.69 Å². The smallest absolute Gasteiger partial charge is 0.184 e. The van der Waals surface area contributed by atoms with Crippen molar-refractivity contribution >= 4 is 23.5 Å². The van der Waals surface area contributed by atoms with Crippen LogP contribution in [0, 0.1) is 0 Å². The van der Waals surface area contributed by atoms with Crippen LogP contribution >= 0.6 is 12.2 Å². The second-order valence-electron chi connectivity index (χ2n) is 3.55. The average Bonchev–Trinajstić information content (AvgIpc) is 2.78. The molecule has 0 radical (unpaired) electrons. The highest BCUT2D eigenvalue weighted by atomic mass is 32.1. The van der Waals surface area contributed by atoms with E-state index in [1.165, 1.54) is 0 Å². The summed E-state index contributed by atoms with van der Waals surface area (Å²) >= 11 is 4.65. The van der Waals surface area contributed by atoms with E-state index in [-0.39, 0.29) is 10.9 Å². The lowest BCUT2D eigenvalue weighted by Gasteiger charge is -2.06. The van der Waals surface area contributed by atoms with E-state index in [0.29, 0.717) is 0 Å². The monoisotopic (exact) mass is 260 g/mol. The molecule has 0 unspecified atom stereocenters. The molecule has 1 heterocycles. The molecule has 1 aromatic heterocycles. The normalized spacial score (nSPS) is 10.7. The first kappa shape index (κ1) is 12.1. The van der Waals surface area contributed by atoms with Crippen LogP contribution in [0.15, 0.2) is 47.7 Å². The van der Waals surface area contributed by atoms with Gasteiger partial charge in [-0.25, -0.2) is 0 Å². The van der Waals surface area contributed by atoms with Gasteiger partial charge >= 0.3 is 0 Å². The molecule has 0 aliphatic carbocycles. The summed E-state index contributed by atoms with van der Waals surface area (Å²) in [6.45, 7) is 0. The molecule has 2 aromatic rings. The lowest BCUT2D eigenvalue weighted by atomic mass is 10.3. The predicted octanol–water partition coefficient (Wildman–Crippen LogP) is 1.35. The van der Waals surface area contributed by atoms with Crippen LogP contribution in [0.3, 0.4) is 0 Å². The van der Waals surface area contributed by atoms with Crippen LogP contribution in [0.1, 0.15) is 5.69 Å². The van der Waals surface area contributed by atoms with Gasteiger partial charge in [-0.15, -0.1) is 0 Å². The molecule has 0 spiro atoms. The maximum Gasteiger partial charge on any atom is 0.184 e. The van der Waals surface area contributed by atoms with Crippen molar-refractivity contribution in [1.29, 1.82) is 0 Å². The van der Waals surface area contributed by atoms with Gasteiger partial charge in [0.25, 0.3) is 0 Å². The Kier molecular flexibility index (Phi) is 3.59. The number of hydrogen-bond acceptors (Lipinski definition) is 3. The fourth-order valence-corrected chi connectivity index (χ4v) is 1.56. The molecular formula is C12H12N4OS. The summed E-state index contributed by atoms with van der Waals surface area (Å²) < 4.78 is 1.92. The van der Waals surface area contributed by atoms with E-state index in [0.717, 1.165) is 11.4 Å². The first-order valence-electron chi connectivity index (χ1n) is 5.22. The zero-order valence-corrected chi connectivity index (χ0v) is 10.3. The maximum atomic E-state index is 9.25. The lowest BCUT2D eigenvalue weighted by Crippen LogP contribution is -2.24. The van der Waals surface area contributed by atoms with E-state index in [1.807, 2.05) is 35.0 Å². The Labute approximate surface area is 110 Å². The van der Waals surface area contributed by atoms with Crippen molar-refractivity contribution < 1.29 is 5.11 Å². The molecule has 0 saturated carbocycles. The van der Waals surface area contributed by atoms with E-state index in [2.05, 4.69) is 22.7 Å². The Bertz CT molecular complexity index is 574. The van der Waals surface area contributed by atoms with Crippen molar-refractivity contribution in [3.63, 3.8) is 0 Å². The van der Waals surface area contributed by atoms with E-state index in [1.54, 1.807) is 18.3 Å². The van der Waals surface area contributed by atoms with E-state index >= 15 is 0 Å². The van der Waals surface area contributed by atoms with Crippen LogP contribution in [0.4, 0.5) is 0 Å². The summed E-state index contributed by atoms with van der Waals surface area (Å²) in [6.07, 6.45) is 3.51. The number of benzene rings is 1. The van der Waals surface area contributed by atoms with E-state index in [4.69, 9.17) is 5.73 Å². The molecule has 92 valence electrons. The van der Waals surface area contributed by atoms with Crippen LogP contribution in [-0.2, 0) is 0 Å². The van der Waals surface area contributed by atoms with Gasteiger partial charge in [-0.3, -0.25) is 5.43 Å². The number of phenols is 1. The molecule has 6 heteroatoms. The van der Waals surface area contributed by atoms with Crippen molar-refractivity contribution in [2.24, 2.45) is 10.8 Å². The number of phenolic OH excluding ortho intramolecular Hbond substituents is 1. The Morgan fingerprint density at radius 2 is 2.06 bits per heavy atom. The number of nitrogens with two attached hydrogens (primary N) is 1. The summed E-state index contributed by atoms with van der Waals surface area (Å²) in [5, 5.41) is 13.3. The number of aromatic hydroxyl groups is 1. The van der Waals surface area contributed by atoms with Gasteiger partial charge < -0.3 is 15.4 Å². The number of nitrogens with one attached hydrogen (secondary N) is 1. The molecule has 0 atom stereocenters. The van der Waals surface area contributed by atoms with Gasteiger partial charge in [0.2, 0.25) is 0 Å². The van der Waals surface area contributed by atoms with E-state index in [9.17, 15) is 5.11 Å². The quantitative estimate of drug-likeness (QED) is 0.442. The fraction of sp³-hybridized carbons (Fsp3) is 0. The van der Waals surface area contributed by atoms with Gasteiger partial charge in [0.15, 0.2) is 5.11 Å². The minimum Gasteiger partial charge on any atom is -0.508 e. The van der Waals surface area contributed by atoms with Crippen LogP contribution in [0.5, 0.6) is 5.75 Å². The molecule has 1 aromatic carbocycles. The third kappa shape index (κ3) is 2.86. The number of hydrogen-bond donors (Lipinski definition) is 3. The minimum absolute atomic E-state index is 0.119. The third-order valence-corrected chi connectivity index (χ3v) is 2.37. The largest absolute Gasteiger partial charge is 0.508 e. The molecule has 0 bridgehead atoms. The topological polar surface area (TPSA) is 75.6 Å². The summed E-state index contributed by atoms with van der Waals surface area (Å²) in [5.41, 5.74) is 9.56. The third-order valence-electron chi connectivity index (χ3n) is 2.28. The molecule has 4 N–H and O–H groups in total. The van der Waals surface area contributed by atoms with Crippen molar-refractivity contribution in [1.82, 2.24) is 9.99 Å². The summed E-state index contributed by atoms with van der Waals surface area (Å²) in [5.74, 6) is 0.233. The van der Waals surface area contributed by atoms with Gasteiger partial charge in [-0.05, 0) is 48.6 Å². The second kappa shape index (κ2) is 5.33. The summed E-state index contributed by atoms with van der Waals surface area (Å²) in [7, 11) is 0. The molecule has 0 amide bonds. The predicted molar refractivity (Wildman–Crippen MR) is 74.9 cm³/mol. The molecular weight excluding hydrogens is 248 g/mol. The molecule has 2 rings (SSSR count). The van der Waals surface area contributed by atoms with Gasteiger partial charge in [0, 0.05) is 11.9 Å². The Morgan fingerprint density at radius 1 is 1.33 bits per heavy atom. The number of rotatable bonds is 3. The van der Waals surface area contributed by atoms with Crippen molar-refractivity contribution in [2.75, 3.05) is 0 Å². The number of hydrazone groups is 1. The van der Waals surface area contributed by atoms with Crippen LogP contribution in [-0.4, -0.2) is 21.0 Å². The summed E-state index contributed by atoms with van der Waals surface area (Å²) in [4.78, 5) is 0. The highest BCUT2D eigenvalue weighted by Crippen LogP contribution is 2.15. The Balaban J connectivity index is 2.24. The average molecular weight is 260 g/mol. The Hall–Kier alpha value is -2.34. The van der Waals surface area contributed by atoms with Crippen molar-refractivity contribution in [2.45, 2.75) is 0 Å². The fourth-order valence-electron chi connectivity index (χ4n) is 1.51. The first-order chi connectivity index (χ1) is 8.66. The van der Waals surface area contributed by atoms with E-state index < -0.39 is 0 Å². The van der Waals surface area contributed by atoms with Gasteiger partial charge in [0.05, 0.1) is 11.9 Å². The minimum atomic E-state index is 0.119. The number of thiocarbonyl (C=S) groups is 1. The molecule has 0 aliphatic heterocycles. The SMILES string of the molecule is NC(=S)N/N=C\c1cccn1-c1ccc(O)cc1. The molecule has 5 nitrogen and oxygen atoms in total. The van der Waals surface area contributed by atoms with Crippen LogP contribution in [0.2, 0.25) is 0 Å². The van der Waals surface area contributed by atoms with Gasteiger partial charge in [-0.2, -0.15) is 5.10 Å². The highest BCUT2D eigenvalue weighted by molar-refractivity contribution is 7.80. The Morgan fingerprint density at radius 3 is 2.72 bits per heavy atom. The molecule has 0 fully saturated rings. The molecule has 0 saturated heterocycles. The maximum absolute atomic E-state index is 9.25. The zero-order chi connectivity index (χ0) is 13.0. The lowest BCUT2D eigenvalue weighted by molar-refractivity contribution is 0.475. The number of aromatic nitrogens is 1.